The average molecular weight is 213 g/mol. The lowest BCUT2D eigenvalue weighted by atomic mass is 9.93. The molecular weight excluding hydrogens is 190 g/mol. The van der Waals surface area contributed by atoms with Crippen molar-refractivity contribution in [3.05, 3.63) is 0 Å². The van der Waals surface area contributed by atoms with Crippen LogP contribution in [-0.2, 0) is 9.59 Å². The van der Waals surface area contributed by atoms with E-state index in [0.717, 1.165) is 12.8 Å². The maximum atomic E-state index is 11.2. The summed E-state index contributed by atoms with van der Waals surface area (Å²) in [4.78, 5) is 21.7. The van der Waals surface area contributed by atoms with Gasteiger partial charge in [-0.1, -0.05) is 39.5 Å². The fourth-order valence-electron chi connectivity index (χ4n) is 1.69. The van der Waals surface area contributed by atoms with Crippen LogP contribution >= 0.6 is 0 Å². The zero-order chi connectivity index (χ0) is 11.7. The Kier molecular flexibility index (Phi) is 7.96. The zero-order valence-electron chi connectivity index (χ0n) is 9.92. The minimum Gasteiger partial charge on any atom is -0.369 e. The van der Waals surface area contributed by atoms with Gasteiger partial charge in [0.15, 0.2) is 0 Å². The third-order valence-electron chi connectivity index (χ3n) is 2.75. The summed E-state index contributed by atoms with van der Waals surface area (Å²) >= 11 is 0. The first-order chi connectivity index (χ1) is 7.10. The lowest BCUT2D eigenvalue weighted by Crippen LogP contribution is -2.16. The van der Waals surface area contributed by atoms with Gasteiger partial charge in [0.1, 0.15) is 5.78 Å². The molecule has 0 aliphatic carbocycles. The second kappa shape index (κ2) is 8.45. The summed E-state index contributed by atoms with van der Waals surface area (Å²) in [7, 11) is 0. The van der Waals surface area contributed by atoms with Crippen molar-refractivity contribution in [2.75, 3.05) is 0 Å². The van der Waals surface area contributed by atoms with Crippen molar-refractivity contribution < 1.29 is 9.59 Å². The van der Waals surface area contributed by atoms with E-state index in [-0.39, 0.29) is 12.2 Å². The molecule has 0 spiro atoms. The van der Waals surface area contributed by atoms with Crippen molar-refractivity contribution in [3.8, 4) is 0 Å². The number of rotatable bonds is 9. The first kappa shape index (κ1) is 14.1. The van der Waals surface area contributed by atoms with Crippen molar-refractivity contribution in [3.63, 3.8) is 0 Å². The van der Waals surface area contributed by atoms with E-state index < -0.39 is 5.91 Å². The van der Waals surface area contributed by atoms with Crippen molar-refractivity contribution in [1.82, 2.24) is 0 Å². The molecule has 0 heterocycles. The van der Waals surface area contributed by atoms with E-state index in [0.29, 0.717) is 12.3 Å². The second-order valence-corrected chi connectivity index (χ2v) is 4.14. The molecule has 1 amide bonds. The molecule has 2 N–H and O–H groups in total. The summed E-state index contributed by atoms with van der Waals surface area (Å²) in [6.07, 6.45) is 6.05. The molecule has 0 rings (SSSR count). The molecule has 0 fully saturated rings. The normalized spacial score (nSPS) is 12.4. The quantitative estimate of drug-likeness (QED) is 0.598. The topological polar surface area (TPSA) is 60.2 Å². The van der Waals surface area contributed by atoms with Gasteiger partial charge in [-0.05, 0) is 12.3 Å². The summed E-state index contributed by atoms with van der Waals surface area (Å²) in [6.45, 7) is 4.32. The highest BCUT2D eigenvalue weighted by Crippen LogP contribution is 2.18. The summed E-state index contributed by atoms with van der Waals surface area (Å²) in [5.41, 5.74) is 4.95. The number of amides is 1. The number of hydrogen-bond donors (Lipinski definition) is 1. The molecule has 0 aromatic carbocycles. The third-order valence-corrected chi connectivity index (χ3v) is 2.75. The summed E-state index contributed by atoms with van der Waals surface area (Å²) in [5, 5.41) is 0. The Labute approximate surface area is 92.4 Å². The van der Waals surface area contributed by atoms with Crippen molar-refractivity contribution >= 4 is 11.7 Å². The molecule has 0 radical (unpaired) electrons. The summed E-state index contributed by atoms with van der Waals surface area (Å²) in [6, 6.07) is 0. The third kappa shape index (κ3) is 8.16. The molecular formula is C12H23NO2. The van der Waals surface area contributed by atoms with Crippen LogP contribution in [0, 0.1) is 5.92 Å². The number of hydrogen-bond acceptors (Lipinski definition) is 2. The van der Waals surface area contributed by atoms with Crippen LogP contribution < -0.4 is 5.73 Å². The smallest absolute Gasteiger partial charge is 0.224 e. The van der Waals surface area contributed by atoms with Gasteiger partial charge in [-0.25, -0.2) is 0 Å². The highest BCUT2D eigenvalue weighted by molar-refractivity contribution is 5.97. The number of nitrogens with two attached hydrogens (primary N) is 1. The van der Waals surface area contributed by atoms with Crippen LogP contribution in [0.4, 0.5) is 0 Å². The maximum absolute atomic E-state index is 11.2. The van der Waals surface area contributed by atoms with Gasteiger partial charge in [-0.3, -0.25) is 9.59 Å². The van der Waals surface area contributed by atoms with Crippen LogP contribution in [0.2, 0.25) is 0 Å². The fourth-order valence-corrected chi connectivity index (χ4v) is 1.69. The van der Waals surface area contributed by atoms with E-state index in [1.807, 2.05) is 0 Å². The molecule has 0 aromatic rings. The van der Waals surface area contributed by atoms with Gasteiger partial charge >= 0.3 is 0 Å². The van der Waals surface area contributed by atoms with E-state index in [4.69, 9.17) is 5.73 Å². The number of carbonyl (C=O) groups excluding carboxylic acids is 2. The van der Waals surface area contributed by atoms with Crippen molar-refractivity contribution in [1.29, 1.82) is 0 Å². The van der Waals surface area contributed by atoms with Gasteiger partial charge in [0.25, 0.3) is 0 Å². The Bertz CT molecular complexity index is 202. The van der Waals surface area contributed by atoms with Gasteiger partial charge in [0.2, 0.25) is 5.91 Å². The molecule has 0 aliphatic heterocycles. The zero-order valence-corrected chi connectivity index (χ0v) is 9.92. The predicted octanol–water partition coefficient (Wildman–Crippen LogP) is 2.43. The van der Waals surface area contributed by atoms with Crippen LogP contribution in [0.5, 0.6) is 0 Å². The molecule has 0 aromatic heterocycles. The highest BCUT2D eigenvalue weighted by atomic mass is 16.2. The Morgan fingerprint density at radius 3 is 2.33 bits per heavy atom. The summed E-state index contributed by atoms with van der Waals surface area (Å²) < 4.78 is 0. The molecule has 0 bridgehead atoms. The maximum Gasteiger partial charge on any atom is 0.224 e. The summed E-state index contributed by atoms with van der Waals surface area (Å²) in [5.74, 6) is 0.0980. The Hall–Kier alpha value is -0.860. The van der Waals surface area contributed by atoms with Gasteiger partial charge in [0.05, 0.1) is 6.42 Å². The van der Waals surface area contributed by atoms with Gasteiger partial charge in [0, 0.05) is 6.42 Å². The monoisotopic (exact) mass is 213 g/mol. The molecule has 0 saturated carbocycles. The van der Waals surface area contributed by atoms with Crippen LogP contribution in [0.25, 0.3) is 0 Å². The number of unbranched alkanes of at least 4 members (excludes halogenated alkanes) is 1. The lowest BCUT2D eigenvalue weighted by molar-refractivity contribution is -0.126. The lowest BCUT2D eigenvalue weighted by Gasteiger charge is -2.13. The van der Waals surface area contributed by atoms with Crippen LogP contribution in [0.1, 0.15) is 58.8 Å². The second-order valence-electron chi connectivity index (χ2n) is 4.14. The Morgan fingerprint density at radius 2 is 1.87 bits per heavy atom. The largest absolute Gasteiger partial charge is 0.369 e. The van der Waals surface area contributed by atoms with E-state index in [2.05, 4.69) is 13.8 Å². The first-order valence-electron chi connectivity index (χ1n) is 5.90. The molecule has 3 nitrogen and oxygen atoms in total. The SMILES string of the molecule is CCCCC(CC)CCC(=O)CC(N)=O. The number of carbonyl (C=O) groups is 2. The molecule has 1 atom stereocenters. The Balaban J connectivity index is 3.69. The molecule has 0 aliphatic rings. The molecule has 3 heteroatoms. The van der Waals surface area contributed by atoms with E-state index in [9.17, 15) is 9.59 Å². The van der Waals surface area contributed by atoms with Gasteiger partial charge in [-0.2, -0.15) is 0 Å². The predicted molar refractivity (Wildman–Crippen MR) is 61.4 cm³/mol. The van der Waals surface area contributed by atoms with Crippen LogP contribution in [0.3, 0.4) is 0 Å². The molecule has 15 heavy (non-hydrogen) atoms. The van der Waals surface area contributed by atoms with Gasteiger partial charge in [-0.15, -0.1) is 0 Å². The van der Waals surface area contributed by atoms with Gasteiger partial charge < -0.3 is 5.73 Å². The molecule has 88 valence electrons. The van der Waals surface area contributed by atoms with Crippen molar-refractivity contribution in [2.24, 2.45) is 11.7 Å². The van der Waals surface area contributed by atoms with E-state index in [1.54, 1.807) is 0 Å². The van der Waals surface area contributed by atoms with E-state index in [1.165, 1.54) is 19.3 Å². The minimum absolute atomic E-state index is 0.0163. The van der Waals surface area contributed by atoms with Crippen molar-refractivity contribution in [2.45, 2.75) is 58.8 Å². The first-order valence-corrected chi connectivity index (χ1v) is 5.90. The van der Waals surface area contributed by atoms with Crippen LogP contribution in [-0.4, -0.2) is 11.7 Å². The number of Topliss-reactive ketones (excluding diaryl/α,β-unsaturated/α-hetero) is 1. The minimum atomic E-state index is -0.512. The Morgan fingerprint density at radius 1 is 1.20 bits per heavy atom. The number of primary amides is 1. The standard InChI is InChI=1S/C12H23NO2/c1-3-5-6-10(4-2)7-8-11(14)9-12(13)15/h10H,3-9H2,1-2H3,(H2,13,15). The molecule has 0 saturated heterocycles. The van der Waals surface area contributed by atoms with E-state index >= 15 is 0 Å². The average Bonchev–Trinajstić information content (AvgIpc) is 2.17. The van der Waals surface area contributed by atoms with Crippen LogP contribution in [0.15, 0.2) is 0 Å². The highest BCUT2D eigenvalue weighted by Gasteiger charge is 2.10. The molecule has 1 unspecified atom stereocenters. The number of ketones is 1. The fraction of sp³-hybridized carbons (Fsp3) is 0.833.